The Balaban J connectivity index is 1.86. The van der Waals surface area contributed by atoms with Crippen molar-refractivity contribution in [2.75, 3.05) is 0 Å². The predicted octanol–water partition coefficient (Wildman–Crippen LogP) is 3.90. The van der Waals surface area contributed by atoms with Crippen LogP contribution in [0.3, 0.4) is 0 Å². The monoisotopic (exact) mass is 300 g/mol. The first kappa shape index (κ1) is 13.6. The Kier molecular flexibility index (Phi) is 3.58. The molecular weight excluding hydrogens is 287 g/mol. The maximum absolute atomic E-state index is 12.9. The highest BCUT2D eigenvalue weighted by atomic mass is 32.1. The number of halogens is 1. The zero-order valence-corrected chi connectivity index (χ0v) is 11.9. The molecule has 0 aliphatic rings. The minimum atomic E-state index is -0.259. The van der Waals surface area contributed by atoms with Crippen LogP contribution in [0.2, 0.25) is 0 Å². The second kappa shape index (κ2) is 5.54. The molecule has 106 valence electrons. The second-order valence-corrected chi connectivity index (χ2v) is 5.69. The highest BCUT2D eigenvalue weighted by molar-refractivity contribution is 7.20. The summed E-state index contributed by atoms with van der Waals surface area (Å²) in [6.45, 7) is 0.366. The number of hydrogen-bond donors (Lipinski definition) is 2. The number of hydrogen-bond acceptors (Lipinski definition) is 3. The molecule has 0 spiro atoms. The van der Waals surface area contributed by atoms with Gasteiger partial charge in [-0.3, -0.25) is 5.41 Å². The van der Waals surface area contributed by atoms with Gasteiger partial charge in [0.05, 0.1) is 4.88 Å². The van der Waals surface area contributed by atoms with Crippen molar-refractivity contribution in [2.45, 2.75) is 6.61 Å². The fourth-order valence-corrected chi connectivity index (χ4v) is 2.97. The number of nitrogen functional groups attached to an aromatic ring is 1. The molecule has 0 aliphatic heterocycles. The SMILES string of the molecule is N=C(N)c1cc2c(OCc3ccc(F)cc3)cccc2s1. The normalized spacial score (nSPS) is 10.7. The molecular formula is C16H13FN2OS. The largest absolute Gasteiger partial charge is 0.488 e. The number of nitrogens with two attached hydrogens (primary N) is 1. The average Bonchev–Trinajstić information content (AvgIpc) is 2.91. The fraction of sp³-hybridized carbons (Fsp3) is 0.0625. The topological polar surface area (TPSA) is 59.1 Å². The lowest BCUT2D eigenvalue weighted by molar-refractivity contribution is 0.310. The lowest BCUT2D eigenvalue weighted by Crippen LogP contribution is -2.08. The van der Waals surface area contributed by atoms with Crippen LogP contribution in [-0.2, 0) is 6.61 Å². The van der Waals surface area contributed by atoms with Crippen LogP contribution in [0.15, 0.2) is 48.5 Å². The number of thiophene rings is 1. The summed E-state index contributed by atoms with van der Waals surface area (Å²) < 4.78 is 19.7. The van der Waals surface area contributed by atoms with Crippen LogP contribution in [0.5, 0.6) is 5.75 Å². The molecule has 0 saturated carbocycles. The summed E-state index contributed by atoms with van der Waals surface area (Å²) in [6.07, 6.45) is 0. The number of fused-ring (bicyclic) bond motifs is 1. The van der Waals surface area contributed by atoms with Gasteiger partial charge < -0.3 is 10.5 Å². The standard InChI is InChI=1S/C16H13FN2OS/c17-11-6-4-10(5-7-11)9-20-13-2-1-3-14-12(13)8-15(21-14)16(18)19/h1-8H,9H2,(H3,18,19). The van der Waals surface area contributed by atoms with Gasteiger partial charge in [0.25, 0.3) is 0 Å². The molecule has 21 heavy (non-hydrogen) atoms. The second-order valence-electron chi connectivity index (χ2n) is 4.61. The molecule has 0 aliphatic carbocycles. The third kappa shape index (κ3) is 2.87. The van der Waals surface area contributed by atoms with Crippen molar-refractivity contribution in [2.24, 2.45) is 5.73 Å². The van der Waals surface area contributed by atoms with Crippen LogP contribution >= 0.6 is 11.3 Å². The van der Waals surface area contributed by atoms with Crippen LogP contribution < -0.4 is 10.5 Å². The van der Waals surface area contributed by atoms with E-state index in [0.717, 1.165) is 26.3 Å². The molecule has 0 saturated heterocycles. The van der Waals surface area contributed by atoms with Crippen LogP contribution in [0, 0.1) is 11.2 Å². The van der Waals surface area contributed by atoms with E-state index in [1.54, 1.807) is 12.1 Å². The zero-order valence-electron chi connectivity index (χ0n) is 11.1. The van der Waals surface area contributed by atoms with Gasteiger partial charge in [-0.25, -0.2) is 4.39 Å². The lowest BCUT2D eigenvalue weighted by Gasteiger charge is -2.07. The highest BCUT2D eigenvalue weighted by Gasteiger charge is 2.09. The number of amidine groups is 1. The van der Waals surface area contributed by atoms with Gasteiger partial charge in [0.1, 0.15) is 24.0 Å². The van der Waals surface area contributed by atoms with Gasteiger partial charge in [0.15, 0.2) is 0 Å². The maximum atomic E-state index is 12.9. The van der Waals surface area contributed by atoms with E-state index in [-0.39, 0.29) is 11.7 Å². The van der Waals surface area contributed by atoms with E-state index in [1.807, 2.05) is 24.3 Å². The van der Waals surface area contributed by atoms with Crippen molar-refractivity contribution in [1.82, 2.24) is 0 Å². The predicted molar refractivity (Wildman–Crippen MR) is 83.6 cm³/mol. The molecule has 1 heterocycles. The van der Waals surface area contributed by atoms with E-state index in [0.29, 0.717) is 6.61 Å². The van der Waals surface area contributed by atoms with Crippen LogP contribution in [0.4, 0.5) is 4.39 Å². The van der Waals surface area contributed by atoms with Gasteiger partial charge in [-0.2, -0.15) is 0 Å². The third-order valence-electron chi connectivity index (χ3n) is 3.09. The molecule has 0 radical (unpaired) electrons. The first-order valence-corrected chi connectivity index (χ1v) is 7.19. The fourth-order valence-electron chi connectivity index (χ4n) is 2.03. The van der Waals surface area contributed by atoms with Crippen LogP contribution in [-0.4, -0.2) is 5.84 Å². The Morgan fingerprint density at radius 1 is 1.19 bits per heavy atom. The van der Waals surface area contributed by atoms with Gasteiger partial charge in [-0.15, -0.1) is 11.3 Å². The molecule has 0 atom stereocenters. The summed E-state index contributed by atoms with van der Waals surface area (Å²) in [6, 6.07) is 13.8. The quantitative estimate of drug-likeness (QED) is 0.567. The van der Waals surface area contributed by atoms with E-state index < -0.39 is 0 Å². The number of rotatable bonds is 4. The molecule has 1 aromatic heterocycles. The van der Waals surface area contributed by atoms with Crippen LogP contribution in [0.25, 0.3) is 10.1 Å². The summed E-state index contributed by atoms with van der Waals surface area (Å²) in [5.41, 5.74) is 6.42. The van der Waals surface area contributed by atoms with Crippen molar-refractivity contribution >= 4 is 27.3 Å². The van der Waals surface area contributed by atoms with Gasteiger partial charge >= 0.3 is 0 Å². The van der Waals surface area contributed by atoms with Crippen molar-refractivity contribution in [3.63, 3.8) is 0 Å². The minimum Gasteiger partial charge on any atom is -0.488 e. The summed E-state index contributed by atoms with van der Waals surface area (Å²) >= 11 is 1.46. The third-order valence-corrected chi connectivity index (χ3v) is 4.23. The lowest BCUT2D eigenvalue weighted by atomic mass is 10.2. The highest BCUT2D eigenvalue weighted by Crippen LogP contribution is 2.33. The van der Waals surface area contributed by atoms with E-state index in [4.69, 9.17) is 15.9 Å². The van der Waals surface area contributed by atoms with Crippen molar-refractivity contribution in [1.29, 1.82) is 5.41 Å². The van der Waals surface area contributed by atoms with Gasteiger partial charge in [0.2, 0.25) is 0 Å². The van der Waals surface area contributed by atoms with E-state index in [1.165, 1.54) is 23.5 Å². The van der Waals surface area contributed by atoms with Crippen molar-refractivity contribution < 1.29 is 9.13 Å². The molecule has 0 amide bonds. The molecule has 0 unspecified atom stereocenters. The molecule has 2 aromatic carbocycles. The first-order chi connectivity index (χ1) is 10.1. The summed E-state index contributed by atoms with van der Waals surface area (Å²) in [5, 5.41) is 8.45. The van der Waals surface area contributed by atoms with Crippen molar-refractivity contribution in [3.8, 4) is 5.75 Å². The molecule has 3 nitrogen and oxygen atoms in total. The Bertz CT molecular complexity index is 796. The Hall–Kier alpha value is -2.40. The molecule has 3 aromatic rings. The number of benzene rings is 2. The Labute approximate surface area is 125 Å². The molecule has 5 heteroatoms. The minimum absolute atomic E-state index is 0.0562. The van der Waals surface area contributed by atoms with Gasteiger partial charge in [-0.05, 0) is 35.9 Å². The van der Waals surface area contributed by atoms with E-state index in [9.17, 15) is 4.39 Å². The van der Waals surface area contributed by atoms with Crippen LogP contribution in [0.1, 0.15) is 10.4 Å². The molecule has 0 fully saturated rings. The molecule has 3 rings (SSSR count). The zero-order chi connectivity index (χ0) is 14.8. The van der Waals surface area contributed by atoms with E-state index in [2.05, 4.69) is 0 Å². The average molecular weight is 300 g/mol. The Morgan fingerprint density at radius 2 is 1.95 bits per heavy atom. The van der Waals surface area contributed by atoms with Gasteiger partial charge in [0, 0.05) is 10.1 Å². The maximum Gasteiger partial charge on any atom is 0.133 e. The number of ether oxygens (including phenoxy) is 1. The van der Waals surface area contributed by atoms with Crippen molar-refractivity contribution in [3.05, 3.63) is 64.8 Å². The Morgan fingerprint density at radius 3 is 2.67 bits per heavy atom. The smallest absolute Gasteiger partial charge is 0.133 e. The summed E-state index contributed by atoms with van der Waals surface area (Å²) in [7, 11) is 0. The summed E-state index contributed by atoms with van der Waals surface area (Å²) in [4.78, 5) is 0.725. The summed E-state index contributed by atoms with van der Waals surface area (Å²) in [5.74, 6) is 0.533. The first-order valence-electron chi connectivity index (χ1n) is 6.37. The molecule has 0 bridgehead atoms. The molecule has 3 N–H and O–H groups in total. The van der Waals surface area contributed by atoms with Gasteiger partial charge in [-0.1, -0.05) is 18.2 Å². The number of nitrogens with one attached hydrogen (secondary N) is 1. The van der Waals surface area contributed by atoms with E-state index >= 15 is 0 Å².